The Kier molecular flexibility index (Phi) is 3.48. The number of amides is 1. The first-order valence-electron chi connectivity index (χ1n) is 5.59. The van der Waals surface area contributed by atoms with E-state index in [1.807, 2.05) is 0 Å². The van der Waals surface area contributed by atoms with Gasteiger partial charge in [0.2, 0.25) is 0 Å². The van der Waals surface area contributed by atoms with Gasteiger partial charge >= 0.3 is 6.09 Å². The van der Waals surface area contributed by atoms with Crippen LogP contribution in [0.5, 0.6) is 0 Å². The van der Waals surface area contributed by atoms with Gasteiger partial charge in [0.1, 0.15) is 0 Å². The van der Waals surface area contributed by atoms with Crippen LogP contribution in [0.25, 0.3) is 0 Å². The van der Waals surface area contributed by atoms with E-state index < -0.39 is 6.09 Å². The van der Waals surface area contributed by atoms with Gasteiger partial charge in [-0.3, -0.25) is 5.43 Å². The van der Waals surface area contributed by atoms with Gasteiger partial charge in [0, 0.05) is 6.04 Å². The maximum Gasteiger partial charge on any atom is 0.425 e. The van der Waals surface area contributed by atoms with Crippen molar-refractivity contribution in [3.8, 4) is 0 Å². The molecule has 2 aliphatic carbocycles. The van der Waals surface area contributed by atoms with Crippen LogP contribution in [-0.2, 0) is 4.74 Å². The first kappa shape index (κ1) is 11.4. The first-order valence-corrected chi connectivity index (χ1v) is 6.00. The summed E-state index contributed by atoms with van der Waals surface area (Å²) in [7, 11) is 1.31. The fourth-order valence-electron chi connectivity index (χ4n) is 2.78. The standard InChI is InChI=1S/C10H17N3O2S/c1-15-10(14)13-12-9(16)11-8-5-6-2-3-7(8)4-6/h6-8H,2-5H2,1H3,(H,13,14)(H2,11,12,16). The van der Waals surface area contributed by atoms with Gasteiger partial charge in [-0.2, -0.15) is 0 Å². The summed E-state index contributed by atoms with van der Waals surface area (Å²) >= 11 is 5.08. The Morgan fingerprint density at radius 2 is 2.12 bits per heavy atom. The highest BCUT2D eigenvalue weighted by atomic mass is 32.1. The van der Waals surface area contributed by atoms with E-state index in [1.54, 1.807) is 0 Å². The van der Waals surface area contributed by atoms with Gasteiger partial charge in [-0.1, -0.05) is 6.42 Å². The zero-order chi connectivity index (χ0) is 11.5. The van der Waals surface area contributed by atoms with Gasteiger partial charge in [-0.15, -0.1) is 0 Å². The lowest BCUT2D eigenvalue weighted by atomic mass is 9.96. The Labute approximate surface area is 100 Å². The van der Waals surface area contributed by atoms with Gasteiger partial charge in [-0.25, -0.2) is 10.2 Å². The summed E-state index contributed by atoms with van der Waals surface area (Å²) in [5.74, 6) is 1.63. The summed E-state index contributed by atoms with van der Waals surface area (Å²) < 4.78 is 4.42. The van der Waals surface area contributed by atoms with E-state index >= 15 is 0 Å². The molecule has 0 aromatic rings. The largest absolute Gasteiger partial charge is 0.452 e. The van der Waals surface area contributed by atoms with Gasteiger partial charge in [0.05, 0.1) is 7.11 Å². The summed E-state index contributed by atoms with van der Waals surface area (Å²) in [4.78, 5) is 10.8. The maximum atomic E-state index is 10.8. The molecule has 2 aliphatic rings. The van der Waals surface area contributed by atoms with Crippen molar-refractivity contribution in [2.24, 2.45) is 11.8 Å². The van der Waals surface area contributed by atoms with Crippen LogP contribution in [0.2, 0.25) is 0 Å². The number of hydrogen-bond donors (Lipinski definition) is 3. The van der Waals surface area contributed by atoms with E-state index in [2.05, 4.69) is 20.9 Å². The van der Waals surface area contributed by atoms with Crippen LogP contribution < -0.4 is 16.2 Å². The Morgan fingerprint density at radius 3 is 2.69 bits per heavy atom. The topological polar surface area (TPSA) is 62.4 Å². The Bertz CT molecular complexity index is 298. The molecule has 16 heavy (non-hydrogen) atoms. The van der Waals surface area contributed by atoms with Crippen LogP contribution in [0.3, 0.4) is 0 Å². The molecule has 3 unspecified atom stereocenters. The van der Waals surface area contributed by atoms with Crippen LogP contribution >= 0.6 is 12.2 Å². The van der Waals surface area contributed by atoms with Gasteiger partial charge in [0.25, 0.3) is 0 Å². The molecule has 3 atom stereocenters. The zero-order valence-electron chi connectivity index (χ0n) is 9.29. The number of nitrogens with one attached hydrogen (secondary N) is 3. The first-order chi connectivity index (χ1) is 7.69. The molecule has 5 nitrogen and oxygen atoms in total. The molecule has 0 aromatic carbocycles. The Hall–Kier alpha value is -1.04. The summed E-state index contributed by atoms with van der Waals surface area (Å²) in [6.45, 7) is 0. The van der Waals surface area contributed by atoms with Gasteiger partial charge in [-0.05, 0) is 43.3 Å². The molecule has 0 spiro atoms. The highest BCUT2D eigenvalue weighted by molar-refractivity contribution is 7.80. The van der Waals surface area contributed by atoms with E-state index in [1.165, 1.54) is 32.8 Å². The fraction of sp³-hybridized carbons (Fsp3) is 0.800. The SMILES string of the molecule is COC(=O)NNC(=S)NC1CC2CCC1C2. The summed E-state index contributed by atoms with van der Waals surface area (Å²) in [5.41, 5.74) is 4.95. The summed E-state index contributed by atoms with van der Waals surface area (Å²) in [5, 5.41) is 3.70. The molecule has 0 heterocycles. The Morgan fingerprint density at radius 1 is 1.31 bits per heavy atom. The molecule has 2 fully saturated rings. The van der Waals surface area contributed by atoms with Crippen molar-refractivity contribution in [3.05, 3.63) is 0 Å². The van der Waals surface area contributed by atoms with Crippen molar-refractivity contribution in [1.82, 2.24) is 16.2 Å². The average molecular weight is 243 g/mol. The van der Waals surface area contributed by atoms with E-state index in [0.29, 0.717) is 11.2 Å². The van der Waals surface area contributed by atoms with E-state index in [9.17, 15) is 4.79 Å². The van der Waals surface area contributed by atoms with E-state index in [0.717, 1.165) is 11.8 Å². The predicted molar refractivity (Wildman–Crippen MR) is 63.6 cm³/mol. The summed E-state index contributed by atoms with van der Waals surface area (Å²) in [6.07, 6.45) is 4.64. The minimum Gasteiger partial charge on any atom is -0.452 e. The number of carbonyl (C=O) groups is 1. The third-order valence-electron chi connectivity index (χ3n) is 3.52. The number of ether oxygens (including phenoxy) is 1. The molecule has 2 saturated carbocycles. The normalized spacial score (nSPS) is 30.9. The van der Waals surface area contributed by atoms with Crippen LogP contribution in [-0.4, -0.2) is 24.4 Å². The minimum atomic E-state index is -0.544. The van der Waals surface area contributed by atoms with Crippen molar-refractivity contribution >= 4 is 23.4 Å². The average Bonchev–Trinajstić information content (AvgIpc) is 2.87. The monoisotopic (exact) mass is 243 g/mol. The third kappa shape index (κ3) is 2.55. The molecule has 6 heteroatoms. The van der Waals surface area contributed by atoms with Crippen LogP contribution in [0.4, 0.5) is 4.79 Å². The van der Waals surface area contributed by atoms with Crippen molar-refractivity contribution in [1.29, 1.82) is 0 Å². The van der Waals surface area contributed by atoms with Crippen molar-refractivity contribution in [2.45, 2.75) is 31.7 Å². The van der Waals surface area contributed by atoms with E-state index in [-0.39, 0.29) is 0 Å². The summed E-state index contributed by atoms with van der Waals surface area (Å²) in [6, 6.07) is 0.471. The minimum absolute atomic E-state index is 0.461. The predicted octanol–water partition coefficient (Wildman–Crippen LogP) is 0.910. The lowest BCUT2D eigenvalue weighted by Gasteiger charge is -2.24. The molecule has 0 aliphatic heterocycles. The van der Waals surface area contributed by atoms with Gasteiger partial charge in [0.15, 0.2) is 5.11 Å². The van der Waals surface area contributed by atoms with Crippen LogP contribution in [0.1, 0.15) is 25.7 Å². The number of fused-ring (bicyclic) bond motifs is 2. The molecule has 0 aromatic heterocycles. The highest BCUT2D eigenvalue weighted by Crippen LogP contribution is 2.44. The molecule has 0 saturated heterocycles. The molecule has 2 bridgehead atoms. The van der Waals surface area contributed by atoms with Crippen molar-refractivity contribution in [2.75, 3.05) is 7.11 Å². The number of hydrazine groups is 1. The molecular weight excluding hydrogens is 226 g/mol. The second-order valence-electron chi connectivity index (χ2n) is 4.50. The third-order valence-corrected chi connectivity index (χ3v) is 3.74. The maximum absolute atomic E-state index is 10.8. The van der Waals surface area contributed by atoms with Crippen LogP contribution in [0.15, 0.2) is 0 Å². The number of hydrogen-bond acceptors (Lipinski definition) is 3. The quantitative estimate of drug-likeness (QED) is 0.472. The second kappa shape index (κ2) is 4.86. The van der Waals surface area contributed by atoms with E-state index in [4.69, 9.17) is 12.2 Å². The number of rotatable bonds is 1. The number of carbonyl (C=O) groups excluding carboxylic acids is 1. The number of methoxy groups -OCH3 is 1. The van der Waals surface area contributed by atoms with Crippen molar-refractivity contribution in [3.63, 3.8) is 0 Å². The van der Waals surface area contributed by atoms with Crippen molar-refractivity contribution < 1.29 is 9.53 Å². The smallest absolute Gasteiger partial charge is 0.425 e. The molecular formula is C10H17N3O2S. The van der Waals surface area contributed by atoms with Gasteiger partial charge < -0.3 is 10.1 Å². The fourth-order valence-corrected chi connectivity index (χ4v) is 2.99. The Balaban J connectivity index is 1.69. The molecule has 1 amide bonds. The molecule has 2 rings (SSSR count). The van der Waals surface area contributed by atoms with Crippen LogP contribution in [0, 0.1) is 11.8 Å². The zero-order valence-corrected chi connectivity index (χ0v) is 10.1. The molecule has 90 valence electrons. The molecule has 0 radical (unpaired) electrons. The molecule has 3 N–H and O–H groups in total. The lowest BCUT2D eigenvalue weighted by Crippen LogP contribution is -2.50. The number of thiocarbonyl (C=S) groups is 1. The lowest BCUT2D eigenvalue weighted by molar-refractivity contribution is 0.168. The second-order valence-corrected chi connectivity index (χ2v) is 4.90. The highest BCUT2D eigenvalue weighted by Gasteiger charge is 2.39.